The van der Waals surface area contributed by atoms with Crippen molar-refractivity contribution >= 4 is 42.3 Å². The number of hydrogen-bond acceptors (Lipinski definition) is 4. The maximum atomic E-state index is 11.5. The lowest BCUT2D eigenvalue weighted by atomic mass is 9.99. The van der Waals surface area contributed by atoms with E-state index in [1.54, 1.807) is 0 Å². The van der Waals surface area contributed by atoms with Crippen molar-refractivity contribution in [1.82, 2.24) is 20.6 Å². The number of aliphatic carboxylic acids is 2. The van der Waals surface area contributed by atoms with E-state index < -0.39 is 11.9 Å². The van der Waals surface area contributed by atoms with E-state index in [4.69, 9.17) is 0 Å². The second-order valence-electron chi connectivity index (χ2n) is 11.2. The van der Waals surface area contributed by atoms with Crippen molar-refractivity contribution in [2.45, 2.75) is 65.5 Å². The van der Waals surface area contributed by atoms with Gasteiger partial charge in [0, 0.05) is 51.9 Å². The van der Waals surface area contributed by atoms with E-state index in [-0.39, 0.29) is 24.9 Å². The minimum atomic E-state index is -0.859. The summed E-state index contributed by atoms with van der Waals surface area (Å²) in [6.07, 6.45) is 12.9. The van der Waals surface area contributed by atoms with Gasteiger partial charge < -0.3 is 30.8 Å². The highest BCUT2D eigenvalue weighted by atomic mass is 16.4. The van der Waals surface area contributed by atoms with Gasteiger partial charge in [-0.15, -0.1) is 0 Å². The lowest BCUT2D eigenvalue weighted by molar-refractivity contribution is -0.138. The highest BCUT2D eigenvalue weighted by molar-refractivity contribution is 5.74. The van der Waals surface area contributed by atoms with Gasteiger partial charge in [0.1, 0.15) is 0 Å². The second-order valence-corrected chi connectivity index (χ2v) is 11.2. The van der Waals surface area contributed by atoms with Crippen LogP contribution < -0.4 is 21.3 Å². The molecule has 5 rings (SSSR count). The van der Waals surface area contributed by atoms with Gasteiger partial charge in [-0.1, -0.05) is 25.3 Å². The van der Waals surface area contributed by atoms with E-state index in [9.17, 15) is 19.8 Å². The van der Waals surface area contributed by atoms with Crippen LogP contribution in [0.3, 0.4) is 0 Å². The Morgan fingerprint density at radius 1 is 0.786 bits per heavy atom. The quantitative estimate of drug-likeness (QED) is 0.284. The first-order valence-corrected chi connectivity index (χ1v) is 14.2. The van der Waals surface area contributed by atoms with Gasteiger partial charge in [-0.2, -0.15) is 0 Å². The van der Waals surface area contributed by atoms with Crippen molar-refractivity contribution in [3.63, 3.8) is 0 Å². The molecule has 0 aromatic carbocycles. The highest BCUT2D eigenvalue weighted by Crippen LogP contribution is 2.34. The molecule has 8 heteroatoms. The summed E-state index contributed by atoms with van der Waals surface area (Å²) in [6.45, 7) is 16.4. The van der Waals surface area contributed by atoms with Gasteiger partial charge in [0.05, 0.1) is 12.1 Å². The summed E-state index contributed by atoms with van der Waals surface area (Å²) in [5.74, 6) is -1.71. The van der Waals surface area contributed by atoms with Gasteiger partial charge in [-0.3, -0.25) is 9.59 Å². The summed E-state index contributed by atoms with van der Waals surface area (Å²) in [6, 6.07) is -0.220. The molecule has 5 heterocycles. The number of aromatic amines is 2. The Hall–Kier alpha value is -4.72. The number of nitrogens with one attached hydrogen (secondary N) is 4. The van der Waals surface area contributed by atoms with E-state index in [1.807, 2.05) is 32.1 Å². The molecule has 42 heavy (non-hydrogen) atoms. The molecule has 0 aliphatic carbocycles. The van der Waals surface area contributed by atoms with Crippen molar-refractivity contribution in [2.75, 3.05) is 0 Å². The topological polar surface area (TPSA) is 130 Å². The molecule has 0 saturated carbocycles. The molecule has 2 aromatic rings. The minimum Gasteiger partial charge on any atom is -0.481 e. The molecule has 2 unspecified atom stereocenters. The lowest BCUT2D eigenvalue weighted by Crippen LogP contribution is -2.26. The monoisotopic (exact) mass is 566 g/mol. The molecule has 8 nitrogen and oxygen atoms in total. The molecule has 218 valence electrons. The molecule has 0 fully saturated rings. The fraction of sp³-hybridized carbons (Fsp3) is 0.294. The number of allylic oxidation sites excluding steroid dienone is 2. The predicted molar refractivity (Wildman–Crippen MR) is 168 cm³/mol. The Bertz CT molecular complexity index is 1770. The Kier molecular flexibility index (Phi) is 7.73. The summed E-state index contributed by atoms with van der Waals surface area (Å²) in [7, 11) is 0. The molecule has 0 radical (unpaired) electrons. The number of carbonyl (C=O) groups is 2. The SMILES string of the molecule is C=CC1=C(C)C2C=c3[nH]c(c(C)c3C=C)=CC3NC(=Cc4[nH]c(c(C)c4CCC(=O)O)C=C1N2)C(CCC(=O)O)=C3C. The number of hydrogen-bond donors (Lipinski definition) is 6. The van der Waals surface area contributed by atoms with Crippen LogP contribution in [0, 0.1) is 13.8 Å². The largest absolute Gasteiger partial charge is 0.481 e. The third kappa shape index (κ3) is 5.20. The van der Waals surface area contributed by atoms with Gasteiger partial charge in [0.15, 0.2) is 0 Å². The van der Waals surface area contributed by atoms with Crippen molar-refractivity contribution < 1.29 is 19.8 Å². The van der Waals surface area contributed by atoms with Crippen LogP contribution in [0.5, 0.6) is 0 Å². The second kappa shape index (κ2) is 11.3. The first-order chi connectivity index (χ1) is 20.0. The number of rotatable bonds is 8. The van der Waals surface area contributed by atoms with Gasteiger partial charge >= 0.3 is 11.9 Å². The van der Waals surface area contributed by atoms with Crippen LogP contribution >= 0.6 is 0 Å². The number of aromatic nitrogens is 2. The zero-order valence-corrected chi connectivity index (χ0v) is 24.6. The predicted octanol–water partition coefficient (Wildman–Crippen LogP) is 4.20. The summed E-state index contributed by atoms with van der Waals surface area (Å²) in [5.41, 5.74) is 11.6. The molecule has 0 saturated heterocycles. The van der Waals surface area contributed by atoms with E-state index >= 15 is 0 Å². The molecule has 2 atom stereocenters. The van der Waals surface area contributed by atoms with Crippen LogP contribution in [0.25, 0.3) is 30.4 Å². The van der Waals surface area contributed by atoms with Crippen LogP contribution in [0.2, 0.25) is 0 Å². The molecule has 0 spiro atoms. The van der Waals surface area contributed by atoms with Gasteiger partial charge in [-0.05, 0) is 104 Å². The number of carboxylic acid groups (broad SMARTS) is 2. The fourth-order valence-electron chi connectivity index (χ4n) is 6.25. The van der Waals surface area contributed by atoms with Crippen molar-refractivity contribution in [1.29, 1.82) is 0 Å². The highest BCUT2D eigenvalue weighted by Gasteiger charge is 2.27. The van der Waals surface area contributed by atoms with Gasteiger partial charge in [0.2, 0.25) is 0 Å². The molecular formula is C34H38N4O4. The van der Waals surface area contributed by atoms with Crippen molar-refractivity contribution in [2.24, 2.45) is 0 Å². The maximum absolute atomic E-state index is 11.5. The Morgan fingerprint density at radius 3 is 2.07 bits per heavy atom. The number of H-pyrrole nitrogens is 2. The van der Waals surface area contributed by atoms with Crippen molar-refractivity contribution in [3.8, 4) is 0 Å². The first kappa shape index (κ1) is 28.8. The summed E-state index contributed by atoms with van der Waals surface area (Å²) in [4.78, 5) is 30.2. The molecule has 3 aliphatic heterocycles. The van der Waals surface area contributed by atoms with Gasteiger partial charge in [0.25, 0.3) is 0 Å². The Labute approximate surface area is 245 Å². The van der Waals surface area contributed by atoms with E-state index in [0.717, 1.165) is 78.0 Å². The maximum Gasteiger partial charge on any atom is 0.303 e. The normalized spacial score (nSPS) is 19.3. The van der Waals surface area contributed by atoms with Gasteiger partial charge in [-0.25, -0.2) is 0 Å². The van der Waals surface area contributed by atoms with Crippen LogP contribution in [0.4, 0.5) is 0 Å². The summed E-state index contributed by atoms with van der Waals surface area (Å²) >= 11 is 0. The third-order valence-corrected chi connectivity index (χ3v) is 8.72. The van der Waals surface area contributed by atoms with Crippen LogP contribution in [-0.4, -0.2) is 44.2 Å². The summed E-state index contributed by atoms with van der Waals surface area (Å²) < 4.78 is 0. The third-order valence-electron chi connectivity index (χ3n) is 8.72. The molecule has 0 amide bonds. The average Bonchev–Trinajstić information content (AvgIpc) is 3.59. The van der Waals surface area contributed by atoms with E-state index in [1.165, 1.54) is 0 Å². The van der Waals surface area contributed by atoms with Crippen molar-refractivity contribution in [3.05, 3.63) is 97.3 Å². The molecule has 2 aromatic heterocycles. The van der Waals surface area contributed by atoms with Crippen LogP contribution in [-0.2, 0) is 16.0 Å². The molecule has 6 N–H and O–H groups in total. The minimum absolute atomic E-state index is 0.00149. The van der Waals surface area contributed by atoms with Crippen LogP contribution in [0.1, 0.15) is 66.8 Å². The smallest absolute Gasteiger partial charge is 0.303 e. The average molecular weight is 567 g/mol. The fourth-order valence-corrected chi connectivity index (χ4v) is 6.25. The molecule has 3 aliphatic rings. The molecule has 8 bridgehead atoms. The lowest BCUT2D eigenvalue weighted by Gasteiger charge is -2.10. The van der Waals surface area contributed by atoms with Crippen LogP contribution in [0.15, 0.2) is 52.9 Å². The summed E-state index contributed by atoms with van der Waals surface area (Å²) in [5, 5.41) is 28.2. The molecular weight excluding hydrogens is 528 g/mol. The standard InChI is InChI=1S/C34H38N4O4/c1-7-21-17(3)25-13-26-19(5)23(9-11-33(39)40)31(37-26)16-32-24(10-12-34(41)42)20(6)28(38-32)15-30-22(8-2)18(4)27(36-30)14-29(21)35-25/h7-8,13-16,26-27,35-38H,1-2,9-12H2,3-6H3,(H,39,40)(H,41,42). The van der Waals surface area contributed by atoms with E-state index in [2.05, 4.69) is 65.8 Å². The Morgan fingerprint density at radius 2 is 1.40 bits per heavy atom. The van der Waals surface area contributed by atoms with E-state index in [0.29, 0.717) is 12.8 Å². The Balaban J connectivity index is 1.79. The number of fused-ring (bicyclic) bond motifs is 8. The first-order valence-electron chi connectivity index (χ1n) is 14.2. The zero-order chi connectivity index (χ0) is 30.3. The number of carboxylic acids is 2. The zero-order valence-electron chi connectivity index (χ0n) is 24.6.